The second kappa shape index (κ2) is 5.44. The average molecular weight is 278 g/mol. The molecule has 0 spiro atoms. The van der Waals surface area contributed by atoms with Gasteiger partial charge in [-0.15, -0.1) is 0 Å². The first-order valence-electron chi connectivity index (χ1n) is 6.80. The molecule has 0 aliphatic heterocycles. The van der Waals surface area contributed by atoms with Crippen molar-refractivity contribution in [3.8, 4) is 22.5 Å². The van der Waals surface area contributed by atoms with Crippen molar-refractivity contribution in [1.29, 1.82) is 0 Å². The Morgan fingerprint density at radius 2 is 1.43 bits per heavy atom. The largest absolute Gasteiger partial charge is 0.236 e. The summed E-state index contributed by atoms with van der Waals surface area (Å²) in [5.41, 5.74) is 6.05. The zero-order chi connectivity index (χ0) is 14.8. The van der Waals surface area contributed by atoms with Crippen LogP contribution in [0.1, 0.15) is 11.1 Å². The smallest absolute Gasteiger partial charge is 0.123 e. The van der Waals surface area contributed by atoms with Crippen molar-refractivity contribution in [3.05, 3.63) is 71.8 Å². The van der Waals surface area contributed by atoms with Crippen LogP contribution >= 0.6 is 0 Å². The maximum atomic E-state index is 13.0. The first-order valence-corrected chi connectivity index (χ1v) is 6.80. The van der Waals surface area contributed by atoms with Crippen LogP contribution in [0, 0.1) is 19.7 Å². The molecule has 0 aliphatic carbocycles. The first-order chi connectivity index (χ1) is 10.1. The second-order valence-corrected chi connectivity index (χ2v) is 5.06. The molecule has 104 valence electrons. The number of aryl methyl sites for hydroxylation is 2. The monoisotopic (exact) mass is 278 g/mol. The van der Waals surface area contributed by atoms with E-state index in [0.717, 1.165) is 22.5 Å². The van der Waals surface area contributed by atoms with Crippen LogP contribution in [-0.4, -0.2) is 9.97 Å². The van der Waals surface area contributed by atoms with E-state index in [-0.39, 0.29) is 5.82 Å². The maximum Gasteiger partial charge on any atom is 0.123 e. The van der Waals surface area contributed by atoms with Gasteiger partial charge in [0.15, 0.2) is 0 Å². The highest BCUT2D eigenvalue weighted by molar-refractivity contribution is 5.71. The molecule has 21 heavy (non-hydrogen) atoms. The Morgan fingerprint density at radius 3 is 2.10 bits per heavy atom. The van der Waals surface area contributed by atoms with Crippen LogP contribution < -0.4 is 0 Å². The van der Waals surface area contributed by atoms with Crippen molar-refractivity contribution in [2.75, 3.05) is 0 Å². The lowest BCUT2D eigenvalue weighted by Crippen LogP contribution is -1.93. The second-order valence-electron chi connectivity index (χ2n) is 5.06. The van der Waals surface area contributed by atoms with Gasteiger partial charge in [-0.05, 0) is 55.3 Å². The first kappa shape index (κ1) is 13.4. The van der Waals surface area contributed by atoms with Crippen molar-refractivity contribution in [2.24, 2.45) is 0 Å². The van der Waals surface area contributed by atoms with Gasteiger partial charge in [-0.2, -0.15) is 0 Å². The molecule has 1 aromatic heterocycles. The molecule has 0 unspecified atom stereocenters. The molecule has 3 aromatic rings. The minimum Gasteiger partial charge on any atom is -0.236 e. The molecule has 0 aliphatic rings. The molecule has 1 heterocycles. The van der Waals surface area contributed by atoms with Gasteiger partial charge in [0.05, 0.1) is 11.4 Å². The van der Waals surface area contributed by atoms with Crippen LogP contribution in [0.3, 0.4) is 0 Å². The summed E-state index contributed by atoms with van der Waals surface area (Å²) in [7, 11) is 0. The zero-order valence-corrected chi connectivity index (χ0v) is 12.0. The van der Waals surface area contributed by atoms with Crippen LogP contribution in [0.15, 0.2) is 54.9 Å². The average Bonchev–Trinajstić information content (AvgIpc) is 2.48. The summed E-state index contributed by atoms with van der Waals surface area (Å²) in [5.74, 6) is -0.247. The topological polar surface area (TPSA) is 25.8 Å². The van der Waals surface area contributed by atoms with E-state index in [1.807, 2.05) is 12.1 Å². The van der Waals surface area contributed by atoms with Gasteiger partial charge in [0.25, 0.3) is 0 Å². The molecule has 2 aromatic carbocycles. The summed E-state index contributed by atoms with van der Waals surface area (Å²) in [5, 5.41) is 0. The van der Waals surface area contributed by atoms with Crippen molar-refractivity contribution in [2.45, 2.75) is 13.8 Å². The van der Waals surface area contributed by atoms with Crippen molar-refractivity contribution in [3.63, 3.8) is 0 Å². The summed E-state index contributed by atoms with van der Waals surface area (Å²) in [6, 6.07) is 14.5. The lowest BCUT2D eigenvalue weighted by molar-refractivity contribution is 0.628. The molecule has 0 radical (unpaired) electrons. The highest BCUT2D eigenvalue weighted by Gasteiger charge is 2.09. The van der Waals surface area contributed by atoms with E-state index in [0.29, 0.717) is 0 Å². The van der Waals surface area contributed by atoms with Crippen molar-refractivity contribution >= 4 is 0 Å². The predicted molar refractivity (Wildman–Crippen MR) is 82.3 cm³/mol. The third-order valence-corrected chi connectivity index (χ3v) is 3.54. The Morgan fingerprint density at radius 1 is 0.810 bits per heavy atom. The van der Waals surface area contributed by atoms with E-state index < -0.39 is 0 Å². The molecule has 0 atom stereocenters. The normalized spacial score (nSPS) is 10.6. The van der Waals surface area contributed by atoms with E-state index >= 15 is 0 Å². The maximum absolute atomic E-state index is 13.0. The van der Waals surface area contributed by atoms with Crippen molar-refractivity contribution in [1.82, 2.24) is 9.97 Å². The van der Waals surface area contributed by atoms with Crippen LogP contribution in [-0.2, 0) is 0 Å². The highest BCUT2D eigenvalue weighted by Crippen LogP contribution is 2.27. The van der Waals surface area contributed by atoms with Crippen LogP contribution in [0.5, 0.6) is 0 Å². The molecule has 0 fully saturated rings. The Balaban J connectivity index is 2.10. The minimum absolute atomic E-state index is 0.247. The summed E-state index contributed by atoms with van der Waals surface area (Å²) in [4.78, 5) is 8.68. The fraction of sp³-hybridized carbons (Fsp3) is 0.111. The third-order valence-electron chi connectivity index (χ3n) is 3.54. The van der Waals surface area contributed by atoms with Crippen LogP contribution in [0.2, 0.25) is 0 Å². The molecule has 3 rings (SSSR count). The summed E-state index contributed by atoms with van der Waals surface area (Å²) in [6.07, 6.45) is 1.56. The Hall–Kier alpha value is -2.55. The molecule has 2 nitrogen and oxygen atoms in total. The van der Waals surface area contributed by atoms with Gasteiger partial charge >= 0.3 is 0 Å². The van der Waals surface area contributed by atoms with Gasteiger partial charge < -0.3 is 0 Å². The fourth-order valence-corrected chi connectivity index (χ4v) is 2.49. The van der Waals surface area contributed by atoms with Crippen LogP contribution in [0.25, 0.3) is 22.5 Å². The summed E-state index contributed by atoms with van der Waals surface area (Å²) in [6.45, 7) is 4.14. The van der Waals surface area contributed by atoms with E-state index in [9.17, 15) is 4.39 Å². The predicted octanol–water partition coefficient (Wildman–Crippen LogP) is 4.57. The van der Waals surface area contributed by atoms with Gasteiger partial charge in [-0.25, -0.2) is 14.4 Å². The lowest BCUT2D eigenvalue weighted by Gasteiger charge is -2.10. The Labute approximate surface area is 123 Å². The van der Waals surface area contributed by atoms with Gasteiger partial charge in [0.2, 0.25) is 0 Å². The zero-order valence-electron chi connectivity index (χ0n) is 12.0. The molecule has 0 amide bonds. The SMILES string of the molecule is Cc1cccc(C)c1-c1cc(-c2ccc(F)cc2)ncn1. The van der Waals surface area contributed by atoms with E-state index in [1.54, 1.807) is 18.5 Å². The summed E-state index contributed by atoms with van der Waals surface area (Å²) >= 11 is 0. The number of rotatable bonds is 2. The molecule has 3 heteroatoms. The lowest BCUT2D eigenvalue weighted by atomic mass is 9.99. The number of hydrogen-bond acceptors (Lipinski definition) is 2. The highest BCUT2D eigenvalue weighted by atomic mass is 19.1. The number of halogens is 1. The van der Waals surface area contributed by atoms with Gasteiger partial charge in [-0.3, -0.25) is 0 Å². The van der Waals surface area contributed by atoms with E-state index in [1.165, 1.54) is 23.3 Å². The number of benzene rings is 2. The summed E-state index contributed by atoms with van der Waals surface area (Å²) < 4.78 is 13.0. The molecule has 0 bridgehead atoms. The molecular weight excluding hydrogens is 263 g/mol. The van der Waals surface area contributed by atoms with Crippen LogP contribution in [0.4, 0.5) is 4.39 Å². The Bertz CT molecular complexity index is 759. The quantitative estimate of drug-likeness (QED) is 0.686. The molecular formula is C18H15FN2. The van der Waals surface area contributed by atoms with Gasteiger partial charge in [0.1, 0.15) is 12.1 Å². The number of aromatic nitrogens is 2. The third kappa shape index (κ3) is 2.68. The Kier molecular flexibility index (Phi) is 3.48. The molecule has 0 saturated carbocycles. The standard InChI is InChI=1S/C18H15FN2/c1-12-4-3-5-13(2)18(12)17-10-16(20-11-21-17)14-6-8-15(19)9-7-14/h3-11H,1-2H3. The fourth-order valence-electron chi connectivity index (χ4n) is 2.49. The number of hydrogen-bond donors (Lipinski definition) is 0. The van der Waals surface area contributed by atoms with Gasteiger partial charge in [0, 0.05) is 11.1 Å². The molecule has 0 N–H and O–H groups in total. The van der Waals surface area contributed by atoms with E-state index in [4.69, 9.17) is 0 Å². The molecule has 0 saturated heterocycles. The van der Waals surface area contributed by atoms with Crippen molar-refractivity contribution < 1.29 is 4.39 Å². The van der Waals surface area contributed by atoms with Gasteiger partial charge in [-0.1, -0.05) is 18.2 Å². The van der Waals surface area contributed by atoms with E-state index in [2.05, 4.69) is 35.9 Å². The minimum atomic E-state index is -0.247. The number of nitrogens with zero attached hydrogens (tertiary/aromatic N) is 2.